The van der Waals surface area contributed by atoms with E-state index in [-0.39, 0.29) is 24.8 Å². The summed E-state index contributed by atoms with van der Waals surface area (Å²) in [6.45, 7) is 4.15. The largest absolute Gasteiger partial charge is 0.491 e. The molecule has 0 radical (unpaired) electrons. The molecule has 0 aliphatic carbocycles. The van der Waals surface area contributed by atoms with E-state index in [0.717, 1.165) is 11.3 Å². The number of methoxy groups -OCH3 is 1. The van der Waals surface area contributed by atoms with Gasteiger partial charge in [0.05, 0.1) is 6.10 Å². The first-order valence-corrected chi connectivity index (χ1v) is 9.04. The molecule has 140 valence electrons. The van der Waals surface area contributed by atoms with Crippen molar-refractivity contribution in [3.8, 4) is 16.3 Å². The van der Waals surface area contributed by atoms with Crippen LogP contribution in [-0.4, -0.2) is 47.8 Å². The van der Waals surface area contributed by atoms with Crippen LogP contribution in [0.2, 0.25) is 0 Å². The fraction of sp³-hybridized carbons (Fsp3) is 0.389. The Kier molecular flexibility index (Phi) is 7.11. The lowest BCUT2D eigenvalue weighted by atomic mass is 10.2. The highest BCUT2D eigenvalue weighted by Gasteiger charge is 2.22. The monoisotopic (exact) mass is 378 g/mol. The van der Waals surface area contributed by atoms with Crippen molar-refractivity contribution in [2.24, 2.45) is 0 Å². The Bertz CT molecular complexity index is 742. The smallest absolute Gasteiger partial charge is 0.326 e. The number of amides is 1. The van der Waals surface area contributed by atoms with Crippen molar-refractivity contribution >= 4 is 23.2 Å². The molecule has 8 heteroatoms. The number of hydrogen-bond acceptors (Lipinski definition) is 6. The van der Waals surface area contributed by atoms with Gasteiger partial charge in [0.25, 0.3) is 5.91 Å². The zero-order valence-electron chi connectivity index (χ0n) is 14.9. The van der Waals surface area contributed by atoms with Gasteiger partial charge in [0.2, 0.25) is 0 Å². The number of carbonyl (C=O) groups is 2. The van der Waals surface area contributed by atoms with Crippen LogP contribution in [0.15, 0.2) is 29.6 Å². The number of aromatic nitrogens is 1. The van der Waals surface area contributed by atoms with Gasteiger partial charge in [-0.2, -0.15) is 0 Å². The number of ether oxygens (including phenoxy) is 2. The number of carboxylic acid groups (broad SMARTS) is 1. The van der Waals surface area contributed by atoms with Crippen LogP contribution in [0.3, 0.4) is 0 Å². The normalized spacial score (nSPS) is 12.0. The Morgan fingerprint density at radius 1 is 1.27 bits per heavy atom. The van der Waals surface area contributed by atoms with E-state index in [0.29, 0.717) is 5.01 Å². The first-order chi connectivity index (χ1) is 12.4. The first-order valence-electron chi connectivity index (χ1n) is 8.16. The number of rotatable bonds is 9. The quantitative estimate of drug-likeness (QED) is 0.696. The molecular weight excluding hydrogens is 356 g/mol. The summed E-state index contributed by atoms with van der Waals surface area (Å²) < 4.78 is 10.5. The summed E-state index contributed by atoms with van der Waals surface area (Å²) in [4.78, 5) is 27.8. The highest BCUT2D eigenvalue weighted by Crippen LogP contribution is 2.26. The maximum atomic E-state index is 12.3. The maximum Gasteiger partial charge on any atom is 0.326 e. The average molecular weight is 378 g/mol. The standard InChI is InChI=1S/C18H22N2O5S/c1-11(2)25-13-6-4-12(5-7-13)17-20-15(10-26-17)16(21)19-14(18(22)23)8-9-24-3/h4-7,10-11,14H,8-9H2,1-3H3,(H,19,21)(H,22,23). The Hall–Kier alpha value is -2.45. The van der Waals surface area contributed by atoms with E-state index in [2.05, 4.69) is 10.3 Å². The van der Waals surface area contributed by atoms with Crippen molar-refractivity contribution in [2.75, 3.05) is 13.7 Å². The molecule has 26 heavy (non-hydrogen) atoms. The fourth-order valence-corrected chi connectivity index (χ4v) is 2.99. The second-order valence-corrected chi connectivity index (χ2v) is 6.73. The summed E-state index contributed by atoms with van der Waals surface area (Å²) in [6, 6.07) is 6.43. The topological polar surface area (TPSA) is 97.8 Å². The fourth-order valence-electron chi connectivity index (χ4n) is 2.18. The third-order valence-corrected chi connectivity index (χ3v) is 4.32. The van der Waals surface area contributed by atoms with Gasteiger partial charge in [0, 0.05) is 31.1 Å². The van der Waals surface area contributed by atoms with Crippen molar-refractivity contribution < 1.29 is 24.2 Å². The van der Waals surface area contributed by atoms with Gasteiger partial charge in [-0.3, -0.25) is 4.79 Å². The molecule has 7 nitrogen and oxygen atoms in total. The van der Waals surface area contributed by atoms with E-state index in [1.165, 1.54) is 18.4 Å². The Morgan fingerprint density at radius 3 is 2.54 bits per heavy atom. The third kappa shape index (κ3) is 5.53. The van der Waals surface area contributed by atoms with Gasteiger partial charge in [-0.25, -0.2) is 9.78 Å². The van der Waals surface area contributed by atoms with E-state index < -0.39 is 17.9 Å². The van der Waals surface area contributed by atoms with E-state index in [1.54, 1.807) is 5.38 Å². The molecule has 0 saturated heterocycles. The van der Waals surface area contributed by atoms with Gasteiger partial charge in [-0.1, -0.05) is 0 Å². The van der Waals surface area contributed by atoms with E-state index in [4.69, 9.17) is 14.6 Å². The lowest BCUT2D eigenvalue weighted by molar-refractivity contribution is -0.139. The van der Waals surface area contributed by atoms with Crippen LogP contribution in [0.25, 0.3) is 10.6 Å². The number of aliphatic carboxylic acids is 1. The minimum absolute atomic E-state index is 0.0938. The highest BCUT2D eigenvalue weighted by molar-refractivity contribution is 7.13. The third-order valence-electron chi connectivity index (χ3n) is 3.42. The first kappa shape index (κ1) is 19.9. The summed E-state index contributed by atoms with van der Waals surface area (Å²) in [7, 11) is 1.48. The second-order valence-electron chi connectivity index (χ2n) is 5.87. The summed E-state index contributed by atoms with van der Waals surface area (Å²) in [5.74, 6) is -0.858. The lowest BCUT2D eigenvalue weighted by Crippen LogP contribution is -2.41. The van der Waals surface area contributed by atoms with Crippen molar-refractivity contribution in [2.45, 2.75) is 32.4 Å². The highest BCUT2D eigenvalue weighted by atomic mass is 32.1. The number of nitrogens with zero attached hydrogens (tertiary/aromatic N) is 1. The predicted molar refractivity (Wildman–Crippen MR) is 98.7 cm³/mol. The van der Waals surface area contributed by atoms with E-state index in [1.807, 2.05) is 38.1 Å². The molecule has 1 atom stereocenters. The Balaban J connectivity index is 2.06. The number of carboxylic acids is 1. The number of carbonyl (C=O) groups excluding carboxylic acids is 1. The minimum atomic E-state index is -1.11. The Labute approximate surface area is 156 Å². The Morgan fingerprint density at radius 2 is 1.96 bits per heavy atom. The molecule has 0 fully saturated rings. The molecule has 0 spiro atoms. The van der Waals surface area contributed by atoms with Gasteiger partial charge < -0.3 is 19.9 Å². The molecule has 1 aromatic heterocycles. The average Bonchev–Trinajstić information content (AvgIpc) is 3.08. The van der Waals surface area contributed by atoms with Crippen LogP contribution < -0.4 is 10.1 Å². The van der Waals surface area contributed by atoms with Crippen LogP contribution in [-0.2, 0) is 9.53 Å². The summed E-state index contributed by atoms with van der Waals surface area (Å²) >= 11 is 1.32. The zero-order valence-corrected chi connectivity index (χ0v) is 15.7. The van der Waals surface area contributed by atoms with Gasteiger partial charge in [0.15, 0.2) is 0 Å². The molecule has 2 N–H and O–H groups in total. The van der Waals surface area contributed by atoms with Crippen molar-refractivity contribution in [3.05, 3.63) is 35.3 Å². The van der Waals surface area contributed by atoms with Crippen LogP contribution in [0, 0.1) is 0 Å². The SMILES string of the molecule is COCCC(NC(=O)c1csc(-c2ccc(OC(C)C)cc2)n1)C(=O)O. The molecular formula is C18H22N2O5S. The van der Waals surface area contributed by atoms with Crippen molar-refractivity contribution in [1.29, 1.82) is 0 Å². The van der Waals surface area contributed by atoms with E-state index in [9.17, 15) is 9.59 Å². The predicted octanol–water partition coefficient (Wildman–Crippen LogP) is 2.82. The molecule has 0 aliphatic rings. The molecule has 1 unspecified atom stereocenters. The lowest BCUT2D eigenvalue weighted by Gasteiger charge is -2.12. The molecule has 1 amide bonds. The molecule has 2 aromatic rings. The second kappa shape index (κ2) is 9.30. The molecule has 0 aliphatic heterocycles. The van der Waals surface area contributed by atoms with Gasteiger partial charge in [-0.05, 0) is 38.1 Å². The molecule has 1 heterocycles. The maximum absolute atomic E-state index is 12.3. The molecule has 2 rings (SSSR count). The van der Waals surface area contributed by atoms with Gasteiger partial charge in [-0.15, -0.1) is 11.3 Å². The van der Waals surface area contributed by atoms with Gasteiger partial charge >= 0.3 is 5.97 Å². The van der Waals surface area contributed by atoms with Crippen LogP contribution in [0.1, 0.15) is 30.8 Å². The number of hydrogen-bond donors (Lipinski definition) is 2. The van der Waals surface area contributed by atoms with Crippen LogP contribution >= 0.6 is 11.3 Å². The van der Waals surface area contributed by atoms with E-state index >= 15 is 0 Å². The zero-order chi connectivity index (χ0) is 19.1. The van der Waals surface area contributed by atoms with Crippen molar-refractivity contribution in [1.82, 2.24) is 10.3 Å². The number of thiazole rings is 1. The number of benzene rings is 1. The molecule has 0 saturated carbocycles. The summed E-state index contributed by atoms with van der Waals surface area (Å²) in [6.07, 6.45) is 0.280. The van der Waals surface area contributed by atoms with Crippen LogP contribution in [0.5, 0.6) is 5.75 Å². The summed E-state index contributed by atoms with van der Waals surface area (Å²) in [5, 5.41) is 13.9. The molecule has 0 bridgehead atoms. The molecule has 1 aromatic carbocycles. The van der Waals surface area contributed by atoms with Crippen LogP contribution in [0.4, 0.5) is 0 Å². The minimum Gasteiger partial charge on any atom is -0.491 e. The summed E-state index contributed by atoms with van der Waals surface area (Å²) in [5.41, 5.74) is 1.05. The number of nitrogens with one attached hydrogen (secondary N) is 1. The van der Waals surface area contributed by atoms with Crippen molar-refractivity contribution in [3.63, 3.8) is 0 Å². The van der Waals surface area contributed by atoms with Gasteiger partial charge in [0.1, 0.15) is 22.5 Å².